The highest BCUT2D eigenvalue weighted by Crippen LogP contribution is 2.15. The molecule has 10 heteroatoms. The van der Waals surface area contributed by atoms with Gasteiger partial charge in [-0.15, -0.1) is 0 Å². The second-order valence-electron chi connectivity index (χ2n) is 2.03. The Hall–Kier alpha value is -1.01. The zero-order valence-corrected chi connectivity index (χ0v) is 11.4. The number of rotatable bonds is 3. The monoisotopic (exact) mass is 280 g/mol. The molecule has 0 saturated heterocycles. The molecule has 0 radical (unpaired) electrons. The van der Waals surface area contributed by atoms with Gasteiger partial charge in [-0.25, -0.2) is 21.1 Å². The largest absolute Gasteiger partial charge is 0.617 e. The molecular formula is C6H10F6N2Si2. The van der Waals surface area contributed by atoms with E-state index >= 15 is 0 Å². The van der Waals surface area contributed by atoms with Crippen LogP contribution in [0.5, 0.6) is 0 Å². The van der Waals surface area contributed by atoms with E-state index in [9.17, 15) is 25.2 Å². The number of nitrogens with zero attached hydrogens (tertiary/aromatic N) is 2. The fourth-order valence-corrected chi connectivity index (χ4v) is 0.662. The van der Waals surface area contributed by atoms with E-state index in [0.717, 1.165) is 0 Å². The van der Waals surface area contributed by atoms with Crippen LogP contribution in [-0.4, -0.2) is 26.1 Å². The second-order valence-corrected chi connectivity index (χ2v) is 3.76. The Bertz CT molecular complexity index is 219. The van der Waals surface area contributed by atoms with Gasteiger partial charge in [0.2, 0.25) is 10.6 Å². The molecule has 0 amide bonds. The van der Waals surface area contributed by atoms with Crippen molar-refractivity contribution in [2.45, 2.75) is 25.3 Å². The van der Waals surface area contributed by atoms with Crippen LogP contribution in [0.2, 0.25) is 6.04 Å². The molecular weight excluding hydrogens is 270 g/mol. The maximum atomic E-state index is 11.2. The van der Waals surface area contributed by atoms with Crippen molar-refractivity contribution < 1.29 is 25.2 Å². The zero-order chi connectivity index (χ0) is 13.6. The van der Waals surface area contributed by atoms with Crippen molar-refractivity contribution in [3.8, 4) is 12.1 Å². The predicted molar refractivity (Wildman–Crippen MR) is 51.4 cm³/mol. The smallest absolute Gasteiger partial charge is 0.327 e. The molecule has 16 heavy (non-hydrogen) atoms. The van der Waals surface area contributed by atoms with Crippen LogP contribution in [0.15, 0.2) is 0 Å². The Labute approximate surface area is 93.6 Å². The van der Waals surface area contributed by atoms with Crippen molar-refractivity contribution in [3.05, 3.63) is 0 Å². The van der Waals surface area contributed by atoms with E-state index in [0.29, 0.717) is 0 Å². The summed E-state index contributed by atoms with van der Waals surface area (Å²) in [6, 6.07) is 1.90. The minimum Gasteiger partial charge on any atom is -0.327 e. The van der Waals surface area contributed by atoms with Crippen LogP contribution in [0.3, 0.4) is 0 Å². The highest BCUT2D eigenvalue weighted by atomic mass is 28.5. The van der Waals surface area contributed by atoms with Crippen LogP contribution in [0, 0.1) is 22.7 Å². The molecule has 0 aliphatic rings. The summed E-state index contributed by atoms with van der Waals surface area (Å²) in [4.78, 5) is 0. The Morgan fingerprint density at radius 3 is 1.56 bits per heavy atom. The third kappa shape index (κ3) is 38.2. The molecule has 0 spiro atoms. The Balaban J connectivity index is -0.000000188. The van der Waals surface area contributed by atoms with Crippen molar-refractivity contribution in [1.29, 1.82) is 10.5 Å². The Kier molecular flexibility index (Phi) is 17.9. The van der Waals surface area contributed by atoms with Crippen LogP contribution in [0.25, 0.3) is 0 Å². The lowest BCUT2D eigenvalue weighted by atomic mass is 10.5. The van der Waals surface area contributed by atoms with Gasteiger partial charge < -0.3 is 4.11 Å². The Morgan fingerprint density at radius 1 is 1.06 bits per heavy atom. The summed E-state index contributed by atoms with van der Waals surface area (Å²) in [5.74, 6) is 0. The van der Waals surface area contributed by atoms with E-state index in [1.165, 1.54) is 12.1 Å². The molecule has 0 N–H and O–H groups in total. The highest BCUT2D eigenvalue weighted by Gasteiger charge is 2.35. The topological polar surface area (TPSA) is 47.6 Å². The summed E-state index contributed by atoms with van der Waals surface area (Å²) >= 11 is 0. The maximum Gasteiger partial charge on any atom is 0.617 e. The van der Waals surface area contributed by atoms with Gasteiger partial charge in [-0.05, 0) is 0 Å². The molecule has 0 saturated carbocycles. The number of alkyl halides is 2. The molecule has 0 aliphatic carbocycles. The first-order valence-electron chi connectivity index (χ1n) is 3.80. The van der Waals surface area contributed by atoms with Crippen molar-refractivity contribution in [2.75, 3.05) is 0 Å². The minimum atomic E-state index is -5.40. The lowest BCUT2D eigenvalue weighted by Crippen LogP contribution is -2.12. The number of halogens is 6. The Morgan fingerprint density at radius 2 is 1.50 bits per heavy atom. The summed E-state index contributed by atoms with van der Waals surface area (Å²) in [5.41, 5.74) is 0. The fraction of sp³-hybridized carbons (Fsp3) is 0.667. The second kappa shape index (κ2) is 14.0. The third-order valence-corrected chi connectivity index (χ3v) is 1.58. The number of nitriles is 2. The van der Waals surface area contributed by atoms with Crippen molar-refractivity contribution >= 4 is 19.7 Å². The van der Waals surface area contributed by atoms with Gasteiger partial charge >= 0.3 is 9.08 Å². The van der Waals surface area contributed by atoms with E-state index in [1.54, 1.807) is 0 Å². The molecule has 0 aromatic rings. The van der Waals surface area contributed by atoms with E-state index in [-0.39, 0.29) is 17.0 Å². The van der Waals surface area contributed by atoms with Crippen molar-refractivity contribution in [3.63, 3.8) is 0 Å². The van der Waals surface area contributed by atoms with Gasteiger partial charge in [0.25, 0.3) is 6.43 Å². The molecule has 94 valence electrons. The quantitative estimate of drug-likeness (QED) is 0.452. The maximum absolute atomic E-state index is 11.2. The first kappa shape index (κ1) is 20.4. The van der Waals surface area contributed by atoms with E-state index in [2.05, 4.69) is 0 Å². The molecule has 0 aromatic carbocycles. The standard InChI is InChI=1S/C3H4F3NSi.C3H3F2N.FH3Si/c4-8(5,6)3-1-2-7;4-3(5)1-2-6;1-2/h1,3H2;3H,1H2;2H3. The first-order valence-corrected chi connectivity index (χ1v) is 6.39. The highest BCUT2D eigenvalue weighted by molar-refractivity contribution is 6.58. The SMILES string of the molecule is F[SiH3].N#CCC(F)F.N#CCC[Si](F)(F)F. The molecule has 0 aromatic heterocycles. The summed E-state index contributed by atoms with van der Waals surface area (Å²) in [5, 5.41) is 15.2. The fourth-order valence-electron chi connectivity index (χ4n) is 0.267. The van der Waals surface area contributed by atoms with Crippen LogP contribution >= 0.6 is 0 Å². The molecule has 0 heterocycles. The van der Waals surface area contributed by atoms with E-state index in [1.807, 2.05) is 0 Å². The lowest BCUT2D eigenvalue weighted by Gasteiger charge is -1.93. The summed E-state index contributed by atoms with van der Waals surface area (Å²) in [7, 11) is -5.60. The molecule has 0 unspecified atom stereocenters. The van der Waals surface area contributed by atoms with Gasteiger partial charge in [0.15, 0.2) is 0 Å². The normalized spacial score (nSPS) is 9.06. The van der Waals surface area contributed by atoms with Crippen LogP contribution in [-0.2, 0) is 0 Å². The van der Waals surface area contributed by atoms with Gasteiger partial charge in [0, 0.05) is 12.5 Å². The minimum absolute atomic E-state index is 0.194. The van der Waals surface area contributed by atoms with Gasteiger partial charge in [-0.3, -0.25) is 0 Å². The summed E-state index contributed by atoms with van der Waals surface area (Å²) < 4.78 is 65.0. The number of hydrogen-bond donors (Lipinski definition) is 0. The van der Waals surface area contributed by atoms with Crippen molar-refractivity contribution in [1.82, 2.24) is 0 Å². The van der Waals surface area contributed by atoms with Crippen molar-refractivity contribution in [2.24, 2.45) is 0 Å². The van der Waals surface area contributed by atoms with Gasteiger partial charge in [-0.2, -0.15) is 10.5 Å². The van der Waals surface area contributed by atoms with Crippen LogP contribution in [0.1, 0.15) is 12.8 Å². The van der Waals surface area contributed by atoms with E-state index < -0.39 is 28.0 Å². The van der Waals surface area contributed by atoms with E-state index in [4.69, 9.17) is 10.5 Å². The molecule has 0 fully saturated rings. The predicted octanol–water partition coefficient (Wildman–Crippen LogP) is 2.15. The van der Waals surface area contributed by atoms with Crippen LogP contribution in [0.4, 0.5) is 25.2 Å². The molecule has 0 atom stereocenters. The molecule has 0 rings (SSSR count). The first-order chi connectivity index (χ1) is 7.33. The lowest BCUT2D eigenvalue weighted by molar-refractivity contribution is 0.154. The van der Waals surface area contributed by atoms with Gasteiger partial charge in [0.1, 0.15) is 0 Å². The average Bonchev–Trinajstić information content (AvgIpc) is 2.17. The summed E-state index contributed by atoms with van der Waals surface area (Å²) in [6.45, 7) is 0. The van der Waals surface area contributed by atoms with Crippen LogP contribution < -0.4 is 0 Å². The van der Waals surface area contributed by atoms with Gasteiger partial charge in [0.05, 0.1) is 18.6 Å². The third-order valence-electron chi connectivity index (χ3n) is 0.766. The summed E-state index contributed by atoms with van der Waals surface area (Å²) in [6.07, 6.45) is -3.49. The average molecular weight is 280 g/mol. The zero-order valence-electron chi connectivity index (χ0n) is 8.36. The molecule has 0 aliphatic heterocycles. The van der Waals surface area contributed by atoms with Gasteiger partial charge in [-0.1, -0.05) is 0 Å². The number of hydrogen-bond acceptors (Lipinski definition) is 2. The molecule has 2 nitrogen and oxygen atoms in total. The molecule has 0 bridgehead atoms.